The first-order chi connectivity index (χ1) is 6.75. The van der Waals surface area contributed by atoms with Crippen molar-refractivity contribution in [1.82, 2.24) is 9.78 Å². The standard InChI is InChI=1S/C10H8BrIN2/c11-9-4-2-1-3-8(9)7-14-6-5-10(12)13-14/h1-6H,7H2. The molecule has 0 aliphatic heterocycles. The Kier molecular flexibility index (Phi) is 3.22. The minimum absolute atomic E-state index is 0.810. The maximum absolute atomic E-state index is 4.33. The lowest BCUT2D eigenvalue weighted by atomic mass is 10.2. The molecule has 0 spiro atoms. The van der Waals surface area contributed by atoms with Gasteiger partial charge in [0.2, 0.25) is 0 Å². The third-order valence-corrected chi connectivity index (χ3v) is 3.25. The Labute approximate surface area is 105 Å². The molecular formula is C10H8BrIN2. The molecule has 4 heteroatoms. The van der Waals surface area contributed by atoms with Crippen LogP contribution in [-0.4, -0.2) is 9.78 Å². The number of benzene rings is 1. The first-order valence-corrected chi connectivity index (χ1v) is 6.05. The van der Waals surface area contributed by atoms with Gasteiger partial charge in [-0.25, -0.2) is 0 Å². The maximum atomic E-state index is 4.33. The first-order valence-electron chi connectivity index (χ1n) is 4.18. The summed E-state index contributed by atoms with van der Waals surface area (Å²) in [5.41, 5.74) is 1.24. The van der Waals surface area contributed by atoms with E-state index in [1.54, 1.807) is 0 Å². The van der Waals surface area contributed by atoms with E-state index in [0.29, 0.717) is 0 Å². The molecule has 0 aliphatic rings. The van der Waals surface area contributed by atoms with E-state index in [-0.39, 0.29) is 0 Å². The van der Waals surface area contributed by atoms with Gasteiger partial charge in [0.1, 0.15) is 3.70 Å². The Morgan fingerprint density at radius 1 is 1.29 bits per heavy atom. The van der Waals surface area contributed by atoms with Gasteiger partial charge in [0.15, 0.2) is 0 Å². The fraction of sp³-hybridized carbons (Fsp3) is 0.100. The highest BCUT2D eigenvalue weighted by Crippen LogP contribution is 2.16. The van der Waals surface area contributed by atoms with Crippen LogP contribution in [0.5, 0.6) is 0 Å². The number of hydrogen-bond donors (Lipinski definition) is 0. The molecule has 14 heavy (non-hydrogen) atoms. The number of hydrogen-bond acceptors (Lipinski definition) is 1. The molecule has 0 atom stereocenters. The molecule has 2 aromatic rings. The van der Waals surface area contributed by atoms with Gasteiger partial charge in [-0.3, -0.25) is 4.68 Å². The van der Waals surface area contributed by atoms with E-state index >= 15 is 0 Å². The van der Waals surface area contributed by atoms with Crippen LogP contribution in [0.25, 0.3) is 0 Å². The van der Waals surface area contributed by atoms with Gasteiger partial charge in [-0.15, -0.1) is 0 Å². The molecule has 0 saturated carbocycles. The van der Waals surface area contributed by atoms with Gasteiger partial charge in [-0.1, -0.05) is 34.1 Å². The molecule has 0 fully saturated rings. The lowest BCUT2D eigenvalue weighted by molar-refractivity contribution is 0.679. The van der Waals surface area contributed by atoms with Crippen molar-refractivity contribution in [2.75, 3.05) is 0 Å². The lowest BCUT2D eigenvalue weighted by Crippen LogP contribution is -2.00. The zero-order valence-corrected chi connectivity index (χ0v) is 11.1. The normalized spacial score (nSPS) is 10.4. The van der Waals surface area contributed by atoms with Gasteiger partial charge in [0, 0.05) is 10.7 Å². The second-order valence-corrected chi connectivity index (χ2v) is 4.89. The van der Waals surface area contributed by atoms with E-state index in [1.165, 1.54) is 5.56 Å². The predicted octanol–water partition coefficient (Wildman–Crippen LogP) is 3.30. The molecule has 1 aromatic carbocycles. The fourth-order valence-electron chi connectivity index (χ4n) is 1.23. The summed E-state index contributed by atoms with van der Waals surface area (Å²) in [5, 5.41) is 4.33. The summed E-state index contributed by atoms with van der Waals surface area (Å²) in [6.45, 7) is 0.810. The maximum Gasteiger partial charge on any atom is 0.123 e. The minimum atomic E-state index is 0.810. The van der Waals surface area contributed by atoms with E-state index in [9.17, 15) is 0 Å². The van der Waals surface area contributed by atoms with Crippen molar-refractivity contribution in [3.8, 4) is 0 Å². The van der Waals surface area contributed by atoms with Crippen molar-refractivity contribution in [3.63, 3.8) is 0 Å². The van der Waals surface area contributed by atoms with Crippen LogP contribution in [0.15, 0.2) is 41.0 Å². The summed E-state index contributed by atoms with van der Waals surface area (Å²) in [6, 6.07) is 10.2. The van der Waals surface area contributed by atoms with Crippen LogP contribution in [0.1, 0.15) is 5.56 Å². The Bertz CT molecular complexity index is 439. The van der Waals surface area contributed by atoms with E-state index < -0.39 is 0 Å². The lowest BCUT2D eigenvalue weighted by Gasteiger charge is -2.03. The van der Waals surface area contributed by atoms with Crippen molar-refractivity contribution in [2.45, 2.75) is 6.54 Å². The summed E-state index contributed by atoms with van der Waals surface area (Å²) >= 11 is 5.73. The van der Waals surface area contributed by atoms with Gasteiger partial charge in [-0.05, 0) is 40.3 Å². The molecule has 72 valence electrons. The van der Waals surface area contributed by atoms with Crippen LogP contribution in [0.3, 0.4) is 0 Å². The molecular weight excluding hydrogens is 355 g/mol. The Balaban J connectivity index is 2.23. The van der Waals surface area contributed by atoms with Crippen LogP contribution in [0.2, 0.25) is 0 Å². The third-order valence-electron chi connectivity index (χ3n) is 1.90. The summed E-state index contributed by atoms with van der Waals surface area (Å²) in [6.07, 6.45) is 1.99. The number of halogens is 2. The van der Waals surface area contributed by atoms with Gasteiger partial charge >= 0.3 is 0 Å². The Morgan fingerprint density at radius 2 is 2.07 bits per heavy atom. The van der Waals surface area contributed by atoms with Crippen LogP contribution in [0.4, 0.5) is 0 Å². The van der Waals surface area contributed by atoms with Crippen molar-refractivity contribution >= 4 is 38.5 Å². The second kappa shape index (κ2) is 4.44. The van der Waals surface area contributed by atoms with Crippen LogP contribution in [-0.2, 0) is 6.54 Å². The molecule has 0 unspecified atom stereocenters. The predicted molar refractivity (Wildman–Crippen MR) is 68.2 cm³/mol. The van der Waals surface area contributed by atoms with Crippen molar-refractivity contribution in [1.29, 1.82) is 0 Å². The van der Waals surface area contributed by atoms with Crippen LogP contribution < -0.4 is 0 Å². The van der Waals surface area contributed by atoms with Crippen LogP contribution >= 0.6 is 38.5 Å². The fourth-order valence-corrected chi connectivity index (χ4v) is 2.07. The smallest absolute Gasteiger partial charge is 0.123 e. The average molecular weight is 363 g/mol. The minimum Gasteiger partial charge on any atom is -0.267 e. The highest BCUT2D eigenvalue weighted by Gasteiger charge is 2.00. The Morgan fingerprint density at radius 3 is 2.71 bits per heavy atom. The molecule has 2 rings (SSSR count). The summed E-state index contributed by atoms with van der Waals surface area (Å²) in [7, 11) is 0. The topological polar surface area (TPSA) is 17.8 Å². The first kappa shape index (κ1) is 10.2. The highest BCUT2D eigenvalue weighted by molar-refractivity contribution is 14.1. The van der Waals surface area contributed by atoms with E-state index in [4.69, 9.17) is 0 Å². The molecule has 0 amide bonds. The van der Waals surface area contributed by atoms with E-state index in [1.807, 2.05) is 35.1 Å². The van der Waals surface area contributed by atoms with Gasteiger partial charge in [-0.2, -0.15) is 5.10 Å². The van der Waals surface area contributed by atoms with Gasteiger partial charge in [0.05, 0.1) is 6.54 Å². The second-order valence-electron chi connectivity index (χ2n) is 2.93. The summed E-state index contributed by atoms with van der Waals surface area (Å²) < 4.78 is 4.09. The molecule has 1 heterocycles. The molecule has 1 aromatic heterocycles. The molecule has 2 nitrogen and oxygen atoms in total. The quantitative estimate of drug-likeness (QED) is 0.749. The van der Waals surface area contributed by atoms with Crippen molar-refractivity contribution in [2.24, 2.45) is 0 Å². The zero-order chi connectivity index (χ0) is 9.97. The average Bonchev–Trinajstić information content (AvgIpc) is 2.56. The molecule has 0 saturated heterocycles. The van der Waals surface area contributed by atoms with Crippen molar-refractivity contribution < 1.29 is 0 Å². The highest BCUT2D eigenvalue weighted by atomic mass is 127. The number of aromatic nitrogens is 2. The summed E-state index contributed by atoms with van der Waals surface area (Å²) in [5.74, 6) is 0. The van der Waals surface area contributed by atoms with Gasteiger partial charge < -0.3 is 0 Å². The van der Waals surface area contributed by atoms with Crippen LogP contribution in [0, 0.1) is 3.70 Å². The zero-order valence-electron chi connectivity index (χ0n) is 7.32. The third kappa shape index (κ3) is 2.36. The van der Waals surface area contributed by atoms with Crippen molar-refractivity contribution in [3.05, 3.63) is 50.3 Å². The monoisotopic (exact) mass is 362 g/mol. The Hall–Kier alpha value is -0.360. The van der Waals surface area contributed by atoms with Gasteiger partial charge in [0.25, 0.3) is 0 Å². The SMILES string of the molecule is Brc1ccccc1Cn1ccc(I)n1. The largest absolute Gasteiger partial charge is 0.267 e. The van der Waals surface area contributed by atoms with E-state index in [2.05, 4.69) is 49.7 Å². The summed E-state index contributed by atoms with van der Waals surface area (Å²) in [4.78, 5) is 0. The number of nitrogens with zero attached hydrogens (tertiary/aromatic N) is 2. The molecule has 0 aliphatic carbocycles. The molecule has 0 radical (unpaired) electrons. The molecule has 0 bridgehead atoms. The van der Waals surface area contributed by atoms with E-state index in [0.717, 1.165) is 14.7 Å². The number of rotatable bonds is 2. The molecule has 0 N–H and O–H groups in total.